The van der Waals surface area contributed by atoms with Gasteiger partial charge >= 0.3 is 5.97 Å². The Bertz CT molecular complexity index is 1080. The van der Waals surface area contributed by atoms with Gasteiger partial charge in [-0.15, -0.1) is 0 Å². The molecule has 4 rings (SSSR count). The summed E-state index contributed by atoms with van der Waals surface area (Å²) in [5.74, 6) is 0.870. The van der Waals surface area contributed by atoms with E-state index in [1.165, 1.54) is 37.7 Å². The molecule has 0 atom stereocenters. The van der Waals surface area contributed by atoms with E-state index in [9.17, 15) is 9.59 Å². The van der Waals surface area contributed by atoms with Crippen LogP contribution in [0.4, 0.5) is 11.5 Å². The summed E-state index contributed by atoms with van der Waals surface area (Å²) in [4.78, 5) is 35.2. The smallest absolute Gasteiger partial charge is 0.303 e. The minimum Gasteiger partial charge on any atom is -0.481 e. The number of nitrogens with two attached hydrogens (primary N) is 1. The summed E-state index contributed by atoms with van der Waals surface area (Å²) >= 11 is 0. The number of ether oxygens (including phenoxy) is 1. The zero-order valence-electron chi connectivity index (χ0n) is 22.7. The summed E-state index contributed by atoms with van der Waals surface area (Å²) < 4.78 is 5.88. The maximum Gasteiger partial charge on any atom is 0.303 e. The quantitative estimate of drug-likeness (QED) is 0.321. The number of rotatable bonds is 12. The number of nitrogens with zero attached hydrogens (tertiary/aromatic N) is 3. The highest BCUT2D eigenvalue weighted by molar-refractivity contribution is 6.10. The topological polar surface area (TPSA) is 119 Å². The summed E-state index contributed by atoms with van der Waals surface area (Å²) in [6.07, 6.45) is 13.3. The molecule has 0 unspecified atom stereocenters. The lowest BCUT2D eigenvalue weighted by Crippen LogP contribution is -2.32. The van der Waals surface area contributed by atoms with Crippen molar-refractivity contribution in [2.24, 2.45) is 5.92 Å². The largest absolute Gasteiger partial charge is 0.481 e. The number of unbranched alkanes of at least 4 members (excludes halogenated alkanes) is 6. The van der Waals surface area contributed by atoms with Crippen LogP contribution in [0.1, 0.15) is 112 Å². The van der Waals surface area contributed by atoms with Crippen LogP contribution in [-0.4, -0.2) is 40.1 Å². The Labute approximate surface area is 226 Å². The first-order valence-electron chi connectivity index (χ1n) is 14.4. The number of nitrogen functional groups attached to an aromatic ring is 1. The van der Waals surface area contributed by atoms with Crippen molar-refractivity contribution in [2.45, 2.75) is 96.3 Å². The number of aromatic nitrogens is 2. The first-order valence-corrected chi connectivity index (χ1v) is 14.4. The number of hydrogen-bond acceptors (Lipinski definition) is 6. The molecule has 2 heterocycles. The number of anilines is 2. The molecule has 2 aliphatic rings. The maximum atomic E-state index is 13.5. The lowest BCUT2D eigenvalue weighted by molar-refractivity contribution is -0.138. The SMILES string of the molecule is CCCCCCCCCc1nc(N)c2c(n1)OCCN(c1ccc(C3CCC(CC(=O)O)CC3)cc1)C2=O. The van der Waals surface area contributed by atoms with E-state index >= 15 is 0 Å². The molecule has 1 aromatic carbocycles. The Balaban J connectivity index is 1.37. The third-order valence-electron chi connectivity index (χ3n) is 7.95. The van der Waals surface area contributed by atoms with Crippen molar-refractivity contribution in [3.05, 3.63) is 41.2 Å². The van der Waals surface area contributed by atoms with Crippen LogP contribution in [-0.2, 0) is 11.2 Å². The van der Waals surface area contributed by atoms with Crippen LogP contribution in [0.5, 0.6) is 5.88 Å². The van der Waals surface area contributed by atoms with Gasteiger partial charge in [0.25, 0.3) is 5.91 Å². The molecule has 8 nitrogen and oxygen atoms in total. The van der Waals surface area contributed by atoms with Gasteiger partial charge in [0, 0.05) is 18.5 Å². The standard InChI is InChI=1S/C30H42N4O4/c1-2-3-4-5-6-7-8-9-25-32-28(31)27-29(33-25)38-19-18-34(30(27)37)24-16-14-23(15-17-24)22-12-10-21(11-13-22)20-26(35)36/h14-17,21-22H,2-13,18-20H2,1H3,(H,35,36)(H2,31,32,33). The molecule has 3 N–H and O–H groups in total. The molecule has 38 heavy (non-hydrogen) atoms. The number of carbonyl (C=O) groups is 2. The van der Waals surface area contributed by atoms with Gasteiger partial charge < -0.3 is 20.5 Å². The monoisotopic (exact) mass is 522 g/mol. The maximum absolute atomic E-state index is 13.5. The molecular formula is C30H42N4O4. The van der Waals surface area contributed by atoms with Gasteiger partial charge in [0.1, 0.15) is 23.8 Å². The number of carboxylic acid groups (broad SMARTS) is 1. The zero-order chi connectivity index (χ0) is 26.9. The summed E-state index contributed by atoms with van der Waals surface area (Å²) in [5.41, 5.74) is 8.55. The Morgan fingerprint density at radius 2 is 1.71 bits per heavy atom. The number of benzene rings is 1. The first kappa shape index (κ1) is 27.9. The molecule has 0 bridgehead atoms. The minimum atomic E-state index is -0.708. The molecule has 1 aromatic heterocycles. The van der Waals surface area contributed by atoms with E-state index in [-0.39, 0.29) is 35.5 Å². The van der Waals surface area contributed by atoms with Crippen molar-refractivity contribution in [1.82, 2.24) is 9.97 Å². The number of hydrogen-bond donors (Lipinski definition) is 2. The third kappa shape index (κ3) is 7.23. The lowest BCUT2D eigenvalue weighted by Gasteiger charge is -2.28. The average Bonchev–Trinajstić information content (AvgIpc) is 3.07. The van der Waals surface area contributed by atoms with Gasteiger partial charge in [-0.2, -0.15) is 4.98 Å². The van der Waals surface area contributed by atoms with E-state index in [4.69, 9.17) is 15.6 Å². The first-order chi connectivity index (χ1) is 18.5. The predicted octanol–water partition coefficient (Wildman–Crippen LogP) is 6.14. The Morgan fingerprint density at radius 1 is 1.03 bits per heavy atom. The van der Waals surface area contributed by atoms with Crippen molar-refractivity contribution in [2.75, 3.05) is 23.8 Å². The Kier molecular flexibility index (Phi) is 9.96. The molecule has 0 saturated heterocycles. The lowest BCUT2D eigenvalue weighted by atomic mass is 9.77. The van der Waals surface area contributed by atoms with Crippen LogP contribution in [0.2, 0.25) is 0 Å². The highest BCUT2D eigenvalue weighted by atomic mass is 16.5. The summed E-state index contributed by atoms with van der Waals surface area (Å²) in [6, 6.07) is 8.13. The zero-order valence-corrected chi connectivity index (χ0v) is 22.7. The molecule has 1 aliphatic heterocycles. The fraction of sp³-hybridized carbons (Fsp3) is 0.600. The normalized spacial score (nSPS) is 19.5. The van der Waals surface area contributed by atoms with Crippen LogP contribution < -0.4 is 15.4 Å². The van der Waals surface area contributed by atoms with Gasteiger partial charge in [-0.3, -0.25) is 9.59 Å². The Hall–Kier alpha value is -3.16. The van der Waals surface area contributed by atoms with Crippen molar-refractivity contribution in [1.29, 1.82) is 0 Å². The molecule has 2 aromatic rings. The highest BCUT2D eigenvalue weighted by Crippen LogP contribution is 2.38. The molecule has 0 radical (unpaired) electrons. The second-order valence-electron chi connectivity index (χ2n) is 10.8. The van der Waals surface area contributed by atoms with Gasteiger partial charge in [0.05, 0.1) is 6.54 Å². The fourth-order valence-corrected chi connectivity index (χ4v) is 5.75. The second kappa shape index (κ2) is 13.6. The molecule has 1 fully saturated rings. The number of amides is 1. The summed E-state index contributed by atoms with van der Waals surface area (Å²) in [7, 11) is 0. The van der Waals surface area contributed by atoms with Crippen molar-refractivity contribution in [3.63, 3.8) is 0 Å². The number of aryl methyl sites for hydroxylation is 1. The Morgan fingerprint density at radius 3 is 2.39 bits per heavy atom. The van der Waals surface area contributed by atoms with E-state index < -0.39 is 5.97 Å². The molecule has 1 aliphatic carbocycles. The van der Waals surface area contributed by atoms with Crippen molar-refractivity contribution < 1.29 is 19.4 Å². The van der Waals surface area contributed by atoms with E-state index in [0.29, 0.717) is 24.9 Å². The molecule has 206 valence electrons. The highest BCUT2D eigenvalue weighted by Gasteiger charge is 2.30. The third-order valence-corrected chi connectivity index (χ3v) is 7.95. The predicted molar refractivity (Wildman–Crippen MR) is 149 cm³/mol. The molecule has 0 spiro atoms. The van der Waals surface area contributed by atoms with E-state index in [1.54, 1.807) is 4.90 Å². The second-order valence-corrected chi connectivity index (χ2v) is 10.8. The number of fused-ring (bicyclic) bond motifs is 1. The van der Waals surface area contributed by atoms with Gasteiger partial charge in [0.15, 0.2) is 0 Å². The van der Waals surface area contributed by atoms with Crippen molar-refractivity contribution in [3.8, 4) is 5.88 Å². The fourth-order valence-electron chi connectivity index (χ4n) is 5.75. The molecular weight excluding hydrogens is 480 g/mol. The van der Waals surface area contributed by atoms with E-state index in [1.807, 2.05) is 12.1 Å². The molecule has 1 saturated carbocycles. The number of carbonyl (C=O) groups excluding carboxylic acids is 1. The minimum absolute atomic E-state index is 0.180. The van der Waals surface area contributed by atoms with E-state index in [2.05, 4.69) is 29.0 Å². The van der Waals surface area contributed by atoms with Gasteiger partial charge in [-0.25, -0.2) is 4.98 Å². The van der Waals surface area contributed by atoms with Crippen LogP contribution in [0, 0.1) is 5.92 Å². The summed E-state index contributed by atoms with van der Waals surface area (Å²) in [6.45, 7) is 2.96. The molecule has 1 amide bonds. The summed E-state index contributed by atoms with van der Waals surface area (Å²) in [5, 5.41) is 9.05. The van der Waals surface area contributed by atoms with Gasteiger partial charge in [-0.05, 0) is 61.6 Å². The van der Waals surface area contributed by atoms with Crippen molar-refractivity contribution >= 4 is 23.4 Å². The number of aliphatic carboxylic acids is 1. The average molecular weight is 523 g/mol. The van der Waals surface area contributed by atoms with Gasteiger partial charge in [-0.1, -0.05) is 57.6 Å². The van der Waals surface area contributed by atoms with Crippen LogP contribution in [0.25, 0.3) is 0 Å². The van der Waals surface area contributed by atoms with Crippen LogP contribution in [0.15, 0.2) is 24.3 Å². The van der Waals surface area contributed by atoms with Crippen LogP contribution in [0.3, 0.4) is 0 Å². The number of carboxylic acids is 1. The van der Waals surface area contributed by atoms with Gasteiger partial charge in [0.2, 0.25) is 5.88 Å². The van der Waals surface area contributed by atoms with E-state index in [0.717, 1.165) is 50.6 Å². The molecule has 8 heteroatoms. The van der Waals surface area contributed by atoms with Crippen LogP contribution >= 0.6 is 0 Å².